The van der Waals surface area contributed by atoms with Crippen LogP contribution in [0.15, 0.2) is 0 Å². The van der Waals surface area contributed by atoms with Crippen molar-refractivity contribution in [1.82, 2.24) is 0 Å². The minimum atomic E-state index is -5.89. The molecule has 7 heteroatoms. The second-order valence-corrected chi connectivity index (χ2v) is 1.44. The van der Waals surface area contributed by atoms with Crippen molar-refractivity contribution in [3.8, 4) is 0 Å². The fourth-order valence-corrected chi connectivity index (χ4v) is 0.140. The fraction of sp³-hybridized carbons (Fsp3) is 0.667. The van der Waals surface area contributed by atoms with E-state index >= 15 is 0 Å². The quantitative estimate of drug-likeness (QED) is 0.567. The zero-order valence-corrected chi connectivity index (χ0v) is 4.38. The van der Waals surface area contributed by atoms with Crippen molar-refractivity contribution >= 4 is 5.91 Å². The molecule has 2 nitrogen and oxygen atoms in total. The first-order valence-electron chi connectivity index (χ1n) is 1.94. The maximum Gasteiger partial charge on any atom is 0.463 e. The largest absolute Gasteiger partial charge is 0.463 e. The number of hydrogen-bond donors (Lipinski definition) is 1. The van der Waals surface area contributed by atoms with Gasteiger partial charge in [-0.1, -0.05) is 0 Å². The van der Waals surface area contributed by atoms with Gasteiger partial charge >= 0.3 is 12.1 Å². The number of primary amides is 1. The number of halogens is 5. The summed E-state index contributed by atoms with van der Waals surface area (Å²) in [5, 5.41) is 0. The predicted octanol–water partition coefficient (Wildman–Crippen LogP) is 0.669. The summed E-state index contributed by atoms with van der Waals surface area (Å²) < 4.78 is 56.0. The zero-order chi connectivity index (χ0) is 8.58. The number of rotatable bonds is 1. The van der Waals surface area contributed by atoms with E-state index in [0.717, 1.165) is 0 Å². The first kappa shape index (κ1) is 9.12. The minimum absolute atomic E-state index is 2.69. The summed E-state index contributed by atoms with van der Waals surface area (Å²) in [5.74, 6) is -8.12. The summed E-state index contributed by atoms with van der Waals surface area (Å²) in [5.41, 5.74) is 3.75. The highest BCUT2D eigenvalue weighted by atomic mass is 19.4. The Hall–Kier alpha value is -0.880. The van der Waals surface area contributed by atoms with Crippen molar-refractivity contribution in [2.75, 3.05) is 0 Å². The average molecular weight is 163 g/mol. The lowest BCUT2D eigenvalue weighted by molar-refractivity contribution is -0.268. The number of amides is 1. The Bertz CT molecular complexity index is 149. The molecule has 0 saturated heterocycles. The molecule has 0 aliphatic heterocycles. The third-order valence-electron chi connectivity index (χ3n) is 0.665. The molecule has 0 atom stereocenters. The molecule has 1 amide bonds. The van der Waals surface area contributed by atoms with Crippen molar-refractivity contribution in [3.63, 3.8) is 0 Å². The standard InChI is InChI=1S/C3H2F5NO/c4-2(5,1(9)10)3(6,7)8/h(H2,9,10). The van der Waals surface area contributed by atoms with Gasteiger partial charge in [0.2, 0.25) is 0 Å². The van der Waals surface area contributed by atoms with Gasteiger partial charge < -0.3 is 5.73 Å². The smallest absolute Gasteiger partial charge is 0.364 e. The molecule has 0 spiro atoms. The first-order valence-corrected chi connectivity index (χ1v) is 1.94. The molecule has 2 N–H and O–H groups in total. The summed E-state index contributed by atoms with van der Waals surface area (Å²) in [7, 11) is 0. The van der Waals surface area contributed by atoms with Crippen LogP contribution in [0.1, 0.15) is 0 Å². The number of carbonyl (C=O) groups is 1. The van der Waals surface area contributed by atoms with Crippen LogP contribution in [0.3, 0.4) is 0 Å². The van der Waals surface area contributed by atoms with Crippen LogP contribution in [-0.2, 0) is 4.79 Å². The van der Waals surface area contributed by atoms with Crippen LogP contribution in [0.25, 0.3) is 0 Å². The summed E-state index contributed by atoms with van der Waals surface area (Å²) in [6.45, 7) is 0. The van der Waals surface area contributed by atoms with Gasteiger partial charge in [0.1, 0.15) is 0 Å². The van der Waals surface area contributed by atoms with Crippen LogP contribution in [0.4, 0.5) is 22.0 Å². The summed E-state index contributed by atoms with van der Waals surface area (Å²) in [6.07, 6.45) is -5.89. The number of carbonyl (C=O) groups excluding carboxylic acids is 1. The lowest BCUT2D eigenvalue weighted by Crippen LogP contribution is -2.47. The molecule has 0 saturated carbocycles. The van der Waals surface area contributed by atoms with Gasteiger partial charge in [0.05, 0.1) is 0 Å². The molecule has 0 aromatic carbocycles. The van der Waals surface area contributed by atoms with E-state index < -0.39 is 18.0 Å². The second kappa shape index (κ2) is 2.06. The normalized spacial score (nSPS) is 13.3. The second-order valence-electron chi connectivity index (χ2n) is 1.44. The van der Waals surface area contributed by atoms with Gasteiger partial charge in [0, 0.05) is 0 Å². The molecule has 0 rings (SSSR count). The Kier molecular flexibility index (Phi) is 1.88. The number of nitrogens with two attached hydrogens (primary N) is 1. The van der Waals surface area contributed by atoms with Gasteiger partial charge in [-0.05, 0) is 0 Å². The van der Waals surface area contributed by atoms with E-state index in [1.54, 1.807) is 0 Å². The molecule has 0 aromatic rings. The maximum atomic E-state index is 11.5. The number of hydrogen-bond acceptors (Lipinski definition) is 1. The van der Waals surface area contributed by atoms with Crippen molar-refractivity contribution < 1.29 is 26.7 Å². The van der Waals surface area contributed by atoms with Crippen LogP contribution in [0.5, 0.6) is 0 Å². The zero-order valence-electron chi connectivity index (χ0n) is 4.38. The van der Waals surface area contributed by atoms with E-state index in [4.69, 9.17) is 0 Å². The van der Waals surface area contributed by atoms with Crippen LogP contribution < -0.4 is 5.73 Å². The third-order valence-corrected chi connectivity index (χ3v) is 0.665. The van der Waals surface area contributed by atoms with Gasteiger partial charge in [-0.3, -0.25) is 4.79 Å². The van der Waals surface area contributed by atoms with Gasteiger partial charge in [0.25, 0.3) is 5.91 Å². The van der Waals surface area contributed by atoms with E-state index in [-0.39, 0.29) is 0 Å². The van der Waals surface area contributed by atoms with Crippen LogP contribution in [0.2, 0.25) is 0 Å². The maximum absolute atomic E-state index is 11.5. The molecule has 10 heavy (non-hydrogen) atoms. The van der Waals surface area contributed by atoms with Crippen LogP contribution in [0, 0.1) is 0 Å². The first-order chi connectivity index (χ1) is 4.19. The van der Waals surface area contributed by atoms with Gasteiger partial charge in [-0.15, -0.1) is 0 Å². The highest BCUT2D eigenvalue weighted by Gasteiger charge is 2.62. The van der Waals surface area contributed by atoms with Crippen molar-refractivity contribution in [1.29, 1.82) is 0 Å². The molecule has 0 bridgehead atoms. The van der Waals surface area contributed by atoms with E-state index in [0.29, 0.717) is 0 Å². The average Bonchev–Trinajstić information content (AvgIpc) is 1.62. The highest BCUT2D eigenvalue weighted by Crippen LogP contribution is 2.34. The summed E-state index contributed by atoms with van der Waals surface area (Å²) >= 11 is 0. The van der Waals surface area contributed by atoms with Crippen molar-refractivity contribution in [2.45, 2.75) is 12.1 Å². The molecule has 0 unspecified atom stereocenters. The van der Waals surface area contributed by atoms with Gasteiger partial charge in [-0.25, -0.2) is 0 Å². The Labute approximate surface area is 51.8 Å². The topological polar surface area (TPSA) is 43.1 Å². The number of alkyl halides is 5. The van der Waals surface area contributed by atoms with E-state index in [1.165, 1.54) is 0 Å². The molecule has 0 aliphatic carbocycles. The highest BCUT2D eigenvalue weighted by molar-refractivity contribution is 5.82. The Morgan fingerprint density at radius 2 is 1.40 bits per heavy atom. The van der Waals surface area contributed by atoms with Gasteiger partial charge in [0.15, 0.2) is 0 Å². The molecule has 0 aromatic heterocycles. The van der Waals surface area contributed by atoms with E-state index in [9.17, 15) is 26.7 Å². The molecule has 0 fully saturated rings. The third kappa shape index (κ3) is 1.34. The van der Waals surface area contributed by atoms with Crippen LogP contribution in [-0.4, -0.2) is 18.0 Å². The van der Waals surface area contributed by atoms with Crippen molar-refractivity contribution in [3.05, 3.63) is 0 Å². The van der Waals surface area contributed by atoms with E-state index in [1.807, 2.05) is 0 Å². The fourth-order valence-electron chi connectivity index (χ4n) is 0.140. The van der Waals surface area contributed by atoms with Gasteiger partial charge in [-0.2, -0.15) is 22.0 Å². The Balaban J connectivity index is 4.57. The SMILES string of the molecule is NC(=O)C(F)(F)C(F)(F)F. The van der Waals surface area contributed by atoms with Crippen LogP contribution >= 0.6 is 0 Å². The Morgan fingerprint density at radius 3 is 1.40 bits per heavy atom. The summed E-state index contributed by atoms with van der Waals surface area (Å²) in [4.78, 5) is 9.42. The predicted molar refractivity (Wildman–Crippen MR) is 20.2 cm³/mol. The van der Waals surface area contributed by atoms with E-state index in [2.05, 4.69) is 5.73 Å². The molecule has 0 radical (unpaired) electrons. The Morgan fingerprint density at radius 1 is 1.10 bits per heavy atom. The molecular formula is C3H2F5NO. The molecular weight excluding hydrogens is 161 g/mol. The molecule has 0 heterocycles. The monoisotopic (exact) mass is 163 g/mol. The summed E-state index contributed by atoms with van der Waals surface area (Å²) in [6, 6.07) is 0. The van der Waals surface area contributed by atoms with Crippen molar-refractivity contribution in [2.24, 2.45) is 5.73 Å². The minimum Gasteiger partial charge on any atom is -0.364 e. The molecule has 0 aliphatic rings. The lowest BCUT2D eigenvalue weighted by Gasteiger charge is -2.14. The lowest BCUT2D eigenvalue weighted by atomic mass is 10.3. The molecule has 60 valence electrons.